The fourth-order valence-corrected chi connectivity index (χ4v) is 0.643. The third-order valence-corrected chi connectivity index (χ3v) is 1.18. The van der Waals surface area contributed by atoms with E-state index in [0.29, 0.717) is 26.4 Å². The van der Waals surface area contributed by atoms with Crippen LogP contribution in [0.5, 0.6) is 0 Å². The Morgan fingerprint density at radius 1 is 0.846 bits per heavy atom. The molecule has 0 amide bonds. The third kappa shape index (κ3) is 16.2. The van der Waals surface area contributed by atoms with Crippen LogP contribution in [0, 0.1) is 0 Å². The molecule has 0 fully saturated rings. The molecule has 0 spiro atoms. The maximum Gasteiger partial charge on any atom is 1.00 e. The van der Waals surface area contributed by atoms with E-state index in [1.54, 1.807) is 0 Å². The molecule has 0 saturated heterocycles. The second-order valence-electron chi connectivity index (χ2n) is 2.13. The second-order valence-corrected chi connectivity index (χ2v) is 2.13. The Morgan fingerprint density at radius 3 is 1.77 bits per heavy atom. The fraction of sp³-hybridized carbons (Fsp3) is 1.00. The van der Waals surface area contributed by atoms with E-state index >= 15 is 0 Å². The van der Waals surface area contributed by atoms with Crippen LogP contribution in [0.25, 0.3) is 0 Å². The molecule has 0 atom stereocenters. The minimum atomic E-state index is -0.182. The van der Waals surface area contributed by atoms with Crippen LogP contribution < -0.4 is 56.5 Å². The molecule has 13 heavy (non-hydrogen) atoms. The quantitative estimate of drug-likeness (QED) is 0.295. The van der Waals surface area contributed by atoms with Crippen LogP contribution in [0.2, 0.25) is 0 Å². The summed E-state index contributed by atoms with van der Waals surface area (Å²) in [6.45, 7) is 5.00. The van der Waals surface area contributed by atoms with Crippen molar-refractivity contribution in [3.63, 3.8) is 0 Å². The van der Waals surface area contributed by atoms with Crippen LogP contribution in [0.1, 0.15) is 6.92 Å². The van der Waals surface area contributed by atoms with Gasteiger partial charge in [-0.15, -0.1) is 6.61 Å². The maximum absolute atomic E-state index is 9.92. The van der Waals surface area contributed by atoms with Crippen molar-refractivity contribution in [3.8, 4) is 0 Å². The molecule has 0 aliphatic rings. The van der Waals surface area contributed by atoms with Gasteiger partial charge in [-0.3, -0.25) is 0 Å². The molecular weight excluding hydrogens is 199 g/mol. The zero-order chi connectivity index (χ0) is 9.07. The number of hydrogen-bond donors (Lipinski definition) is 0. The van der Waals surface area contributed by atoms with Crippen LogP contribution in [-0.2, 0) is 14.2 Å². The standard InChI is InChI=1S/C8H17O4.K/c1-2-10-5-6-12-8-7-11-4-3-9;/h2-8H2,1H3;/q-1;+1. The molecule has 0 rings (SSSR count). The zero-order valence-electron chi connectivity index (χ0n) is 8.58. The van der Waals surface area contributed by atoms with Gasteiger partial charge in [-0.25, -0.2) is 0 Å². The summed E-state index contributed by atoms with van der Waals surface area (Å²) in [5, 5.41) is 9.92. The van der Waals surface area contributed by atoms with Gasteiger partial charge >= 0.3 is 51.4 Å². The molecule has 74 valence electrons. The van der Waals surface area contributed by atoms with Crippen LogP contribution in [0.15, 0.2) is 0 Å². The van der Waals surface area contributed by atoms with Gasteiger partial charge in [0.25, 0.3) is 0 Å². The molecule has 0 unspecified atom stereocenters. The van der Waals surface area contributed by atoms with Crippen molar-refractivity contribution >= 4 is 0 Å². The van der Waals surface area contributed by atoms with Crippen LogP contribution >= 0.6 is 0 Å². The zero-order valence-corrected chi connectivity index (χ0v) is 11.7. The second kappa shape index (κ2) is 15.9. The molecule has 0 bridgehead atoms. The van der Waals surface area contributed by atoms with Crippen molar-refractivity contribution in [2.45, 2.75) is 6.92 Å². The number of hydrogen-bond acceptors (Lipinski definition) is 4. The Bertz CT molecular complexity index is 72.5. The van der Waals surface area contributed by atoms with E-state index in [1.165, 1.54) is 0 Å². The summed E-state index contributed by atoms with van der Waals surface area (Å²) in [6.07, 6.45) is 0. The first-order chi connectivity index (χ1) is 5.91. The van der Waals surface area contributed by atoms with E-state index in [0.717, 1.165) is 6.61 Å². The monoisotopic (exact) mass is 216 g/mol. The van der Waals surface area contributed by atoms with Crippen LogP contribution in [0.4, 0.5) is 0 Å². The maximum atomic E-state index is 9.92. The van der Waals surface area contributed by atoms with Gasteiger partial charge in [0.05, 0.1) is 26.4 Å². The van der Waals surface area contributed by atoms with Gasteiger partial charge in [-0.05, 0) is 6.92 Å². The summed E-state index contributed by atoms with van der Waals surface area (Å²) < 4.78 is 15.1. The first kappa shape index (κ1) is 16.9. The van der Waals surface area contributed by atoms with E-state index in [-0.39, 0.29) is 64.6 Å². The molecule has 0 aromatic heterocycles. The average molecular weight is 216 g/mol. The van der Waals surface area contributed by atoms with Gasteiger partial charge in [0, 0.05) is 13.2 Å². The van der Waals surface area contributed by atoms with Gasteiger partial charge in [0.15, 0.2) is 0 Å². The predicted molar refractivity (Wildman–Crippen MR) is 43.0 cm³/mol. The van der Waals surface area contributed by atoms with Crippen LogP contribution in [0.3, 0.4) is 0 Å². The van der Waals surface area contributed by atoms with E-state index in [1.807, 2.05) is 6.92 Å². The molecule has 0 heterocycles. The van der Waals surface area contributed by atoms with Crippen molar-refractivity contribution in [1.82, 2.24) is 0 Å². The minimum absolute atomic E-state index is 0. The Hall–Kier alpha value is 1.48. The largest absolute Gasteiger partial charge is 1.00 e. The summed E-state index contributed by atoms with van der Waals surface area (Å²) in [6, 6.07) is 0. The summed E-state index contributed by atoms with van der Waals surface area (Å²) in [5.41, 5.74) is 0. The summed E-state index contributed by atoms with van der Waals surface area (Å²) in [7, 11) is 0. The molecule has 4 nitrogen and oxygen atoms in total. The van der Waals surface area contributed by atoms with Gasteiger partial charge in [0.2, 0.25) is 0 Å². The summed E-state index contributed by atoms with van der Waals surface area (Å²) >= 11 is 0. The van der Waals surface area contributed by atoms with Gasteiger partial charge in [-0.2, -0.15) is 0 Å². The fourth-order valence-electron chi connectivity index (χ4n) is 0.643. The first-order valence-electron chi connectivity index (χ1n) is 4.23. The third-order valence-electron chi connectivity index (χ3n) is 1.18. The van der Waals surface area contributed by atoms with E-state index < -0.39 is 0 Å². The molecule has 0 aliphatic heterocycles. The Balaban J connectivity index is 0. The SMILES string of the molecule is CCOCCOCCOCC[O-].[K+]. The van der Waals surface area contributed by atoms with E-state index in [4.69, 9.17) is 14.2 Å². The molecule has 0 aromatic rings. The van der Waals surface area contributed by atoms with Gasteiger partial charge in [-0.1, -0.05) is 0 Å². The molecule has 5 heteroatoms. The van der Waals surface area contributed by atoms with Crippen molar-refractivity contribution in [2.24, 2.45) is 0 Å². The van der Waals surface area contributed by atoms with E-state index in [2.05, 4.69) is 0 Å². The Kier molecular flexibility index (Phi) is 20.7. The molecule has 0 aromatic carbocycles. The van der Waals surface area contributed by atoms with Gasteiger partial charge in [0.1, 0.15) is 0 Å². The Morgan fingerprint density at radius 2 is 1.31 bits per heavy atom. The van der Waals surface area contributed by atoms with Crippen molar-refractivity contribution in [1.29, 1.82) is 0 Å². The molecule has 0 radical (unpaired) electrons. The van der Waals surface area contributed by atoms with Crippen molar-refractivity contribution < 1.29 is 70.7 Å². The molecule has 0 N–H and O–H groups in total. The first-order valence-corrected chi connectivity index (χ1v) is 4.23. The summed E-state index contributed by atoms with van der Waals surface area (Å²) in [5.74, 6) is 0. The molecule has 0 aliphatic carbocycles. The number of ether oxygens (including phenoxy) is 3. The Labute approximate surface area is 122 Å². The summed E-state index contributed by atoms with van der Waals surface area (Å²) in [4.78, 5) is 0. The van der Waals surface area contributed by atoms with Crippen LogP contribution in [-0.4, -0.2) is 46.2 Å². The van der Waals surface area contributed by atoms with Crippen molar-refractivity contribution in [3.05, 3.63) is 0 Å². The van der Waals surface area contributed by atoms with Crippen molar-refractivity contribution in [2.75, 3.05) is 46.2 Å². The smallest absolute Gasteiger partial charge is 0.853 e. The predicted octanol–water partition coefficient (Wildman–Crippen LogP) is -3.58. The molecule has 0 saturated carbocycles. The normalized spacial score (nSPS) is 9.69. The van der Waals surface area contributed by atoms with Gasteiger partial charge < -0.3 is 19.3 Å². The molecular formula is C8H17KO4. The minimum Gasteiger partial charge on any atom is -0.853 e. The average Bonchev–Trinajstić information content (AvgIpc) is 2.10. The number of rotatable bonds is 9. The topological polar surface area (TPSA) is 50.8 Å². The van der Waals surface area contributed by atoms with E-state index in [9.17, 15) is 5.11 Å².